The zero-order valence-corrected chi connectivity index (χ0v) is 17.3. The molecule has 0 radical (unpaired) electrons. The molecular formula is C19H19Cl2N3O4. The van der Waals surface area contributed by atoms with Gasteiger partial charge in [0.25, 0.3) is 5.91 Å². The van der Waals surface area contributed by atoms with E-state index in [2.05, 4.69) is 15.5 Å². The molecule has 1 amide bonds. The van der Waals surface area contributed by atoms with Crippen molar-refractivity contribution >= 4 is 46.3 Å². The van der Waals surface area contributed by atoms with Gasteiger partial charge in [0.15, 0.2) is 17.3 Å². The Kier molecular flexibility index (Phi) is 7.37. The van der Waals surface area contributed by atoms with E-state index in [-0.39, 0.29) is 11.4 Å². The largest absolute Gasteiger partial charge is 0.493 e. The predicted octanol–water partition coefficient (Wildman–Crippen LogP) is 5.00. The molecule has 1 N–H and O–H groups in total. The Labute approximate surface area is 172 Å². The maximum absolute atomic E-state index is 12.6. The monoisotopic (exact) mass is 423 g/mol. The third-order valence-corrected chi connectivity index (χ3v) is 4.41. The number of Topliss-reactive ketones (excluding diaryl/α,β-unsaturated/α-hetero) is 1. The molecule has 0 saturated heterocycles. The van der Waals surface area contributed by atoms with Crippen molar-refractivity contribution in [2.45, 2.75) is 19.9 Å². The Hall–Kier alpha value is -2.64. The number of amides is 1. The van der Waals surface area contributed by atoms with E-state index in [0.29, 0.717) is 21.5 Å². The van der Waals surface area contributed by atoms with Crippen LogP contribution in [0, 0.1) is 6.92 Å². The first-order valence-corrected chi connectivity index (χ1v) is 8.92. The normalized spacial score (nSPS) is 11.9. The molecule has 0 fully saturated rings. The number of ketones is 1. The summed E-state index contributed by atoms with van der Waals surface area (Å²) in [4.78, 5) is 24.6. The summed E-state index contributed by atoms with van der Waals surface area (Å²) in [6, 6.07) is 6.69. The highest BCUT2D eigenvalue weighted by molar-refractivity contribution is 6.31. The second kappa shape index (κ2) is 9.52. The summed E-state index contributed by atoms with van der Waals surface area (Å²) in [5, 5.41) is 11.4. The first kappa shape index (κ1) is 21.7. The van der Waals surface area contributed by atoms with Gasteiger partial charge >= 0.3 is 0 Å². The standard InChI is InChI=1S/C19H19Cl2N3O4/c1-10-7-13(5-6-14(10)21)23-24-17(11(2)25)19(26)22-15-8-12(20)9-16(27-3)18(15)28-4/h5-9,17H,1-4H3,(H,22,26). The van der Waals surface area contributed by atoms with Crippen molar-refractivity contribution in [1.29, 1.82) is 0 Å². The van der Waals surface area contributed by atoms with E-state index in [9.17, 15) is 9.59 Å². The van der Waals surface area contributed by atoms with Gasteiger partial charge in [0.2, 0.25) is 6.04 Å². The summed E-state index contributed by atoms with van der Waals surface area (Å²) in [7, 11) is 2.87. The molecule has 2 rings (SSSR count). The van der Waals surface area contributed by atoms with Crippen molar-refractivity contribution in [3.63, 3.8) is 0 Å². The zero-order chi connectivity index (χ0) is 20.8. The van der Waals surface area contributed by atoms with Crippen molar-refractivity contribution < 1.29 is 19.1 Å². The average molecular weight is 424 g/mol. The Balaban J connectivity index is 2.29. The second-order valence-electron chi connectivity index (χ2n) is 5.84. The van der Waals surface area contributed by atoms with Crippen molar-refractivity contribution in [2.75, 3.05) is 19.5 Å². The number of methoxy groups -OCH3 is 2. The Morgan fingerprint density at radius 1 is 1.11 bits per heavy atom. The van der Waals surface area contributed by atoms with Gasteiger partial charge in [-0.3, -0.25) is 9.59 Å². The van der Waals surface area contributed by atoms with E-state index in [1.807, 2.05) is 6.92 Å². The molecule has 1 unspecified atom stereocenters. The lowest BCUT2D eigenvalue weighted by Crippen LogP contribution is -2.32. The van der Waals surface area contributed by atoms with E-state index in [1.165, 1.54) is 27.2 Å². The molecule has 2 aromatic carbocycles. The van der Waals surface area contributed by atoms with E-state index in [0.717, 1.165) is 5.56 Å². The van der Waals surface area contributed by atoms with E-state index in [4.69, 9.17) is 32.7 Å². The summed E-state index contributed by atoms with van der Waals surface area (Å²) >= 11 is 12.0. The minimum atomic E-state index is -1.34. The maximum atomic E-state index is 12.6. The van der Waals surface area contributed by atoms with E-state index < -0.39 is 17.7 Å². The molecule has 2 aromatic rings. The van der Waals surface area contributed by atoms with Crippen LogP contribution in [0.1, 0.15) is 12.5 Å². The average Bonchev–Trinajstić information content (AvgIpc) is 2.63. The number of nitrogens with one attached hydrogen (secondary N) is 1. The Morgan fingerprint density at radius 2 is 1.82 bits per heavy atom. The van der Waals surface area contributed by atoms with Gasteiger partial charge in [-0.15, -0.1) is 0 Å². The van der Waals surface area contributed by atoms with E-state index >= 15 is 0 Å². The van der Waals surface area contributed by atoms with Crippen LogP contribution in [0.2, 0.25) is 10.0 Å². The van der Waals surface area contributed by atoms with Gasteiger partial charge in [0, 0.05) is 16.1 Å². The minimum Gasteiger partial charge on any atom is -0.493 e. The first-order valence-electron chi connectivity index (χ1n) is 8.16. The van der Waals surface area contributed by atoms with Gasteiger partial charge in [0.1, 0.15) is 0 Å². The molecule has 7 nitrogen and oxygen atoms in total. The fourth-order valence-electron chi connectivity index (χ4n) is 2.36. The summed E-state index contributed by atoms with van der Waals surface area (Å²) in [6.07, 6.45) is 0. The van der Waals surface area contributed by atoms with Crippen LogP contribution < -0.4 is 14.8 Å². The van der Waals surface area contributed by atoms with Gasteiger partial charge in [-0.05, 0) is 43.7 Å². The number of aryl methyl sites for hydroxylation is 1. The van der Waals surface area contributed by atoms with Crippen LogP contribution in [0.4, 0.5) is 11.4 Å². The molecule has 0 spiro atoms. The number of hydrogen-bond acceptors (Lipinski definition) is 6. The third-order valence-electron chi connectivity index (χ3n) is 3.77. The summed E-state index contributed by atoms with van der Waals surface area (Å²) in [5.74, 6) is -0.541. The van der Waals surface area contributed by atoms with Gasteiger partial charge in [-0.1, -0.05) is 23.2 Å². The highest BCUT2D eigenvalue weighted by atomic mass is 35.5. The number of nitrogens with zero attached hydrogens (tertiary/aromatic N) is 2. The second-order valence-corrected chi connectivity index (χ2v) is 6.68. The molecule has 0 bridgehead atoms. The van der Waals surface area contributed by atoms with E-state index in [1.54, 1.807) is 24.3 Å². The van der Waals surface area contributed by atoms with Crippen LogP contribution in [0.3, 0.4) is 0 Å². The fourth-order valence-corrected chi connectivity index (χ4v) is 2.68. The minimum absolute atomic E-state index is 0.251. The maximum Gasteiger partial charge on any atom is 0.258 e. The predicted molar refractivity (Wildman–Crippen MR) is 108 cm³/mol. The molecule has 0 aliphatic rings. The molecule has 0 heterocycles. The lowest BCUT2D eigenvalue weighted by atomic mass is 10.2. The Bertz CT molecular complexity index is 932. The van der Waals surface area contributed by atoms with Crippen LogP contribution in [-0.2, 0) is 9.59 Å². The zero-order valence-electron chi connectivity index (χ0n) is 15.7. The molecule has 1 atom stereocenters. The van der Waals surface area contributed by atoms with Crippen LogP contribution >= 0.6 is 23.2 Å². The van der Waals surface area contributed by atoms with Gasteiger partial charge < -0.3 is 14.8 Å². The number of ether oxygens (including phenoxy) is 2. The summed E-state index contributed by atoms with van der Waals surface area (Å²) in [5.41, 5.74) is 1.53. The number of benzene rings is 2. The molecule has 148 valence electrons. The SMILES string of the molecule is COc1cc(Cl)cc(NC(=O)C(N=Nc2ccc(Cl)c(C)c2)C(C)=O)c1OC. The molecule has 28 heavy (non-hydrogen) atoms. The van der Waals surface area contributed by atoms with Crippen LogP contribution in [0.15, 0.2) is 40.6 Å². The molecule has 0 aliphatic heterocycles. The van der Waals surface area contributed by atoms with Gasteiger partial charge in [-0.2, -0.15) is 10.2 Å². The van der Waals surface area contributed by atoms with Crippen LogP contribution in [0.25, 0.3) is 0 Å². The molecule has 0 aromatic heterocycles. The Morgan fingerprint density at radius 3 is 2.39 bits per heavy atom. The highest BCUT2D eigenvalue weighted by Crippen LogP contribution is 2.38. The van der Waals surface area contributed by atoms with Crippen molar-refractivity contribution in [3.8, 4) is 11.5 Å². The lowest BCUT2D eigenvalue weighted by Gasteiger charge is -2.15. The number of hydrogen-bond donors (Lipinski definition) is 1. The van der Waals surface area contributed by atoms with Crippen LogP contribution in [-0.4, -0.2) is 32.0 Å². The lowest BCUT2D eigenvalue weighted by molar-refractivity contribution is -0.126. The van der Waals surface area contributed by atoms with Gasteiger partial charge in [0.05, 0.1) is 25.6 Å². The summed E-state index contributed by atoms with van der Waals surface area (Å²) < 4.78 is 10.5. The molecule has 9 heteroatoms. The van der Waals surface area contributed by atoms with Crippen molar-refractivity contribution in [3.05, 3.63) is 45.9 Å². The third kappa shape index (κ3) is 5.21. The van der Waals surface area contributed by atoms with Crippen LogP contribution in [0.5, 0.6) is 11.5 Å². The van der Waals surface area contributed by atoms with Crippen molar-refractivity contribution in [1.82, 2.24) is 0 Å². The van der Waals surface area contributed by atoms with Gasteiger partial charge in [-0.25, -0.2) is 0 Å². The molecule has 0 saturated carbocycles. The number of halogens is 2. The number of anilines is 1. The quantitative estimate of drug-likeness (QED) is 0.501. The number of carbonyl (C=O) groups excluding carboxylic acids is 2. The number of azo groups is 1. The fraction of sp³-hybridized carbons (Fsp3) is 0.263. The van der Waals surface area contributed by atoms with Crippen molar-refractivity contribution in [2.24, 2.45) is 10.2 Å². The topological polar surface area (TPSA) is 89.4 Å². The smallest absolute Gasteiger partial charge is 0.258 e. The summed E-state index contributed by atoms with van der Waals surface area (Å²) in [6.45, 7) is 3.07. The molecule has 0 aliphatic carbocycles. The first-order chi connectivity index (χ1) is 13.3. The molecular weight excluding hydrogens is 405 g/mol. The number of rotatable bonds is 7. The highest BCUT2D eigenvalue weighted by Gasteiger charge is 2.25. The number of carbonyl (C=O) groups is 2.